The Morgan fingerprint density at radius 3 is 2.30 bits per heavy atom. The van der Waals surface area contributed by atoms with Crippen LogP contribution in [0.25, 0.3) is 0 Å². The Kier molecular flexibility index (Phi) is 2.81. The Balaban J connectivity index is 1.61. The van der Waals surface area contributed by atoms with Crippen molar-refractivity contribution in [3.8, 4) is 0 Å². The molecule has 4 saturated carbocycles. The van der Waals surface area contributed by atoms with Gasteiger partial charge >= 0.3 is 0 Å². The van der Waals surface area contributed by atoms with E-state index >= 15 is 0 Å². The summed E-state index contributed by atoms with van der Waals surface area (Å²) in [6.07, 6.45) is 8.68. The minimum Gasteiger partial charge on any atom is -0.372 e. The second-order valence-corrected chi connectivity index (χ2v) is 7.41. The summed E-state index contributed by atoms with van der Waals surface area (Å²) in [4.78, 5) is 0. The summed E-state index contributed by atoms with van der Waals surface area (Å²) in [7, 11) is 1.94. The Morgan fingerprint density at radius 2 is 1.80 bits per heavy atom. The normalized spacial score (nSPS) is 38.4. The van der Waals surface area contributed by atoms with Gasteiger partial charge in [-0.25, -0.2) is 4.68 Å². The molecule has 3 N–H and O–H groups in total. The maximum atomic E-state index is 5.74. The molecular formula is C15H25N5. The van der Waals surface area contributed by atoms with Gasteiger partial charge in [-0.2, -0.15) is 0 Å². The molecule has 0 saturated heterocycles. The summed E-state index contributed by atoms with van der Waals surface area (Å²) in [5.41, 5.74) is 7.12. The molecule has 5 nitrogen and oxygen atoms in total. The minimum absolute atomic E-state index is 0.455. The van der Waals surface area contributed by atoms with Gasteiger partial charge in [-0.05, 0) is 61.7 Å². The molecule has 4 fully saturated rings. The summed E-state index contributed by atoms with van der Waals surface area (Å²) in [5.74, 6) is 3.97. The van der Waals surface area contributed by atoms with Gasteiger partial charge in [0.15, 0.2) is 0 Å². The standard InChI is InChI=1S/C15H25N5/c1-17-14-13(8-16)18-19-20(14)9-15-5-10-2-11(6-15)4-12(3-10)7-15/h10-12,17H,2-9,16H2,1H3. The van der Waals surface area contributed by atoms with Gasteiger partial charge in [-0.1, -0.05) is 5.21 Å². The molecule has 4 aliphatic carbocycles. The molecule has 0 spiro atoms. The van der Waals surface area contributed by atoms with Crippen LogP contribution in [0.15, 0.2) is 0 Å². The molecule has 5 heteroatoms. The van der Waals surface area contributed by atoms with E-state index in [1.54, 1.807) is 0 Å². The Bertz CT molecular complexity index is 471. The van der Waals surface area contributed by atoms with E-state index in [0.717, 1.165) is 35.8 Å². The van der Waals surface area contributed by atoms with Gasteiger partial charge in [0.05, 0.1) is 6.54 Å². The fourth-order valence-electron chi connectivity index (χ4n) is 5.67. The van der Waals surface area contributed by atoms with E-state index in [4.69, 9.17) is 5.73 Å². The highest BCUT2D eigenvalue weighted by Gasteiger charge is 2.51. The first-order chi connectivity index (χ1) is 9.71. The number of nitrogens with one attached hydrogen (secondary N) is 1. The quantitative estimate of drug-likeness (QED) is 0.882. The molecule has 20 heavy (non-hydrogen) atoms. The largest absolute Gasteiger partial charge is 0.372 e. The van der Waals surface area contributed by atoms with E-state index < -0.39 is 0 Å². The van der Waals surface area contributed by atoms with Crippen LogP contribution in [0.4, 0.5) is 5.82 Å². The van der Waals surface area contributed by atoms with Gasteiger partial charge in [0, 0.05) is 13.6 Å². The van der Waals surface area contributed by atoms with Crippen LogP contribution in [-0.2, 0) is 13.1 Å². The second kappa shape index (κ2) is 4.45. The maximum Gasteiger partial charge on any atom is 0.149 e. The van der Waals surface area contributed by atoms with Crippen LogP contribution in [0.1, 0.15) is 44.2 Å². The van der Waals surface area contributed by atoms with Crippen LogP contribution in [0.3, 0.4) is 0 Å². The van der Waals surface area contributed by atoms with Crippen LogP contribution in [0.2, 0.25) is 0 Å². The molecule has 1 heterocycles. The van der Waals surface area contributed by atoms with E-state index in [0.29, 0.717) is 12.0 Å². The highest BCUT2D eigenvalue weighted by atomic mass is 15.5. The van der Waals surface area contributed by atoms with Crippen molar-refractivity contribution in [3.63, 3.8) is 0 Å². The van der Waals surface area contributed by atoms with E-state index in [1.165, 1.54) is 38.5 Å². The zero-order valence-electron chi connectivity index (χ0n) is 12.3. The van der Waals surface area contributed by atoms with Crippen molar-refractivity contribution in [2.75, 3.05) is 12.4 Å². The summed E-state index contributed by atoms with van der Waals surface area (Å²) in [5, 5.41) is 11.8. The monoisotopic (exact) mass is 275 g/mol. The lowest BCUT2D eigenvalue weighted by atomic mass is 9.49. The molecule has 4 aliphatic rings. The maximum absolute atomic E-state index is 5.74. The fourth-order valence-corrected chi connectivity index (χ4v) is 5.67. The number of rotatable bonds is 4. The van der Waals surface area contributed by atoms with Gasteiger partial charge in [0.25, 0.3) is 0 Å². The Hall–Kier alpha value is -1.10. The van der Waals surface area contributed by atoms with Crippen molar-refractivity contribution >= 4 is 5.82 Å². The SMILES string of the molecule is CNc1c(CN)nnn1CC12CC3CC(CC(C3)C1)C2. The lowest BCUT2D eigenvalue weighted by molar-refractivity contribution is -0.0634. The molecule has 0 radical (unpaired) electrons. The second-order valence-electron chi connectivity index (χ2n) is 7.41. The van der Waals surface area contributed by atoms with Crippen LogP contribution in [-0.4, -0.2) is 22.0 Å². The summed E-state index contributed by atoms with van der Waals surface area (Å²) in [6.45, 7) is 1.48. The molecule has 0 atom stereocenters. The predicted molar refractivity (Wildman–Crippen MR) is 78.1 cm³/mol. The summed E-state index contributed by atoms with van der Waals surface area (Å²) in [6, 6.07) is 0. The van der Waals surface area contributed by atoms with Crippen LogP contribution >= 0.6 is 0 Å². The summed E-state index contributed by atoms with van der Waals surface area (Å²) < 4.78 is 2.08. The molecule has 0 amide bonds. The van der Waals surface area contributed by atoms with Crippen molar-refractivity contribution in [1.29, 1.82) is 0 Å². The molecule has 0 unspecified atom stereocenters. The summed E-state index contributed by atoms with van der Waals surface area (Å²) >= 11 is 0. The lowest BCUT2D eigenvalue weighted by Gasteiger charge is -2.56. The number of nitrogens with two attached hydrogens (primary N) is 1. The minimum atomic E-state index is 0.455. The van der Waals surface area contributed by atoms with Crippen molar-refractivity contribution in [1.82, 2.24) is 15.0 Å². The van der Waals surface area contributed by atoms with Gasteiger partial charge < -0.3 is 11.1 Å². The predicted octanol–water partition coefficient (Wildman–Crippen LogP) is 1.99. The molecule has 1 aromatic heterocycles. The number of hydrogen-bond acceptors (Lipinski definition) is 4. The highest BCUT2D eigenvalue weighted by Crippen LogP contribution is 2.60. The third kappa shape index (κ3) is 1.86. The van der Waals surface area contributed by atoms with Crippen LogP contribution < -0.4 is 11.1 Å². The third-order valence-electron chi connectivity index (χ3n) is 5.89. The third-order valence-corrected chi connectivity index (χ3v) is 5.89. The average molecular weight is 275 g/mol. The van der Waals surface area contributed by atoms with Gasteiger partial charge in [-0.15, -0.1) is 5.10 Å². The fraction of sp³-hybridized carbons (Fsp3) is 0.867. The molecular weight excluding hydrogens is 250 g/mol. The molecule has 1 aromatic rings. The van der Waals surface area contributed by atoms with Gasteiger partial charge in [-0.3, -0.25) is 0 Å². The Morgan fingerprint density at radius 1 is 1.20 bits per heavy atom. The number of anilines is 1. The van der Waals surface area contributed by atoms with E-state index in [9.17, 15) is 0 Å². The lowest BCUT2D eigenvalue weighted by Crippen LogP contribution is -2.48. The number of hydrogen-bond donors (Lipinski definition) is 2. The number of aromatic nitrogens is 3. The van der Waals surface area contributed by atoms with E-state index in [1.807, 2.05) is 7.05 Å². The van der Waals surface area contributed by atoms with Crippen molar-refractivity contribution in [3.05, 3.63) is 5.69 Å². The van der Waals surface area contributed by atoms with Crippen molar-refractivity contribution in [2.45, 2.75) is 51.6 Å². The van der Waals surface area contributed by atoms with E-state index in [2.05, 4.69) is 20.3 Å². The van der Waals surface area contributed by atoms with Gasteiger partial charge in [0.2, 0.25) is 0 Å². The molecule has 5 rings (SSSR count). The molecule has 0 aliphatic heterocycles. The Labute approximate surface area is 120 Å². The number of nitrogens with zero attached hydrogens (tertiary/aromatic N) is 3. The van der Waals surface area contributed by atoms with Gasteiger partial charge in [0.1, 0.15) is 11.5 Å². The van der Waals surface area contributed by atoms with Crippen LogP contribution in [0.5, 0.6) is 0 Å². The van der Waals surface area contributed by atoms with Crippen molar-refractivity contribution in [2.24, 2.45) is 28.9 Å². The average Bonchev–Trinajstić information content (AvgIpc) is 2.78. The molecule has 4 bridgehead atoms. The zero-order valence-corrected chi connectivity index (χ0v) is 12.3. The van der Waals surface area contributed by atoms with Crippen molar-refractivity contribution < 1.29 is 0 Å². The first-order valence-electron chi connectivity index (χ1n) is 8.01. The highest BCUT2D eigenvalue weighted by molar-refractivity contribution is 5.39. The van der Waals surface area contributed by atoms with Crippen LogP contribution in [0, 0.1) is 23.2 Å². The molecule has 110 valence electrons. The first kappa shape index (κ1) is 12.6. The zero-order chi connectivity index (χ0) is 13.7. The molecule has 0 aromatic carbocycles. The topological polar surface area (TPSA) is 68.8 Å². The smallest absolute Gasteiger partial charge is 0.149 e. The van der Waals surface area contributed by atoms with E-state index in [-0.39, 0.29) is 0 Å². The first-order valence-corrected chi connectivity index (χ1v) is 8.01.